The quantitative estimate of drug-likeness (QED) is 0.819. The van der Waals surface area contributed by atoms with E-state index in [4.69, 9.17) is 11.6 Å². The second kappa shape index (κ2) is 5.93. The monoisotopic (exact) mass is 272 g/mol. The molecule has 0 unspecified atom stereocenters. The first-order valence-corrected chi connectivity index (χ1v) is 5.72. The van der Waals surface area contributed by atoms with E-state index in [1.54, 1.807) is 25.2 Å². The first-order valence-electron chi connectivity index (χ1n) is 4.90. The standard InChI is InChI=1S/C11H13ClN2O2S/c1-13-10(15)6-14(2)11(16)8-5-7(17)3-4-9(8)12/h3-5,17H,6H2,1-2H3,(H,13,15). The zero-order valence-electron chi connectivity index (χ0n) is 9.53. The second-order valence-electron chi connectivity index (χ2n) is 3.50. The van der Waals surface area contributed by atoms with Crippen LogP contribution in [0.4, 0.5) is 0 Å². The molecule has 0 aliphatic rings. The molecule has 0 aliphatic heterocycles. The SMILES string of the molecule is CNC(=O)CN(C)C(=O)c1cc(S)ccc1Cl. The van der Waals surface area contributed by atoms with Gasteiger partial charge in [-0.3, -0.25) is 9.59 Å². The van der Waals surface area contributed by atoms with Crippen molar-refractivity contribution in [2.24, 2.45) is 0 Å². The number of nitrogens with zero attached hydrogens (tertiary/aromatic N) is 1. The molecule has 0 bridgehead atoms. The molecular weight excluding hydrogens is 260 g/mol. The van der Waals surface area contributed by atoms with Crippen molar-refractivity contribution in [2.75, 3.05) is 20.6 Å². The molecule has 0 spiro atoms. The van der Waals surface area contributed by atoms with Gasteiger partial charge in [0.2, 0.25) is 5.91 Å². The van der Waals surface area contributed by atoms with Gasteiger partial charge in [0.25, 0.3) is 5.91 Å². The molecule has 0 atom stereocenters. The molecule has 6 heteroatoms. The van der Waals surface area contributed by atoms with E-state index >= 15 is 0 Å². The Morgan fingerprint density at radius 3 is 2.71 bits per heavy atom. The number of hydrogen-bond donors (Lipinski definition) is 2. The Labute approximate surface area is 110 Å². The lowest BCUT2D eigenvalue weighted by molar-refractivity contribution is -0.121. The van der Waals surface area contributed by atoms with Crippen LogP contribution in [0.2, 0.25) is 5.02 Å². The molecule has 2 amide bonds. The summed E-state index contributed by atoms with van der Waals surface area (Å²) in [6.07, 6.45) is 0. The van der Waals surface area contributed by atoms with Crippen LogP contribution in [0.15, 0.2) is 23.1 Å². The number of amides is 2. The van der Waals surface area contributed by atoms with Crippen LogP contribution < -0.4 is 5.32 Å². The van der Waals surface area contributed by atoms with Crippen molar-refractivity contribution in [3.05, 3.63) is 28.8 Å². The number of hydrogen-bond acceptors (Lipinski definition) is 3. The van der Waals surface area contributed by atoms with E-state index in [-0.39, 0.29) is 18.4 Å². The smallest absolute Gasteiger partial charge is 0.255 e. The molecule has 0 aromatic heterocycles. The fourth-order valence-electron chi connectivity index (χ4n) is 1.25. The van der Waals surface area contributed by atoms with Crippen LogP contribution in [0.5, 0.6) is 0 Å². The van der Waals surface area contributed by atoms with Gasteiger partial charge in [0, 0.05) is 19.0 Å². The van der Waals surface area contributed by atoms with Crippen molar-refractivity contribution < 1.29 is 9.59 Å². The Balaban J connectivity index is 2.88. The van der Waals surface area contributed by atoms with Crippen molar-refractivity contribution in [3.8, 4) is 0 Å². The second-order valence-corrected chi connectivity index (χ2v) is 4.42. The van der Waals surface area contributed by atoms with Gasteiger partial charge in [-0.25, -0.2) is 0 Å². The maximum absolute atomic E-state index is 12.0. The number of likely N-dealkylation sites (N-methyl/N-ethyl adjacent to an activating group) is 2. The average Bonchev–Trinajstić information content (AvgIpc) is 2.31. The van der Waals surface area contributed by atoms with Crippen LogP contribution in [0.3, 0.4) is 0 Å². The van der Waals surface area contributed by atoms with Gasteiger partial charge in [-0.15, -0.1) is 12.6 Å². The highest BCUT2D eigenvalue weighted by atomic mass is 35.5. The molecule has 1 N–H and O–H groups in total. The molecule has 0 saturated heterocycles. The summed E-state index contributed by atoms with van der Waals surface area (Å²) >= 11 is 10.1. The predicted octanol–water partition coefficient (Wildman–Crippen LogP) is 1.45. The topological polar surface area (TPSA) is 49.4 Å². The third-order valence-corrected chi connectivity index (χ3v) is 2.79. The molecule has 1 aromatic rings. The molecule has 17 heavy (non-hydrogen) atoms. The third-order valence-electron chi connectivity index (χ3n) is 2.19. The van der Waals surface area contributed by atoms with Crippen molar-refractivity contribution in [2.45, 2.75) is 4.90 Å². The van der Waals surface area contributed by atoms with Gasteiger partial charge in [-0.1, -0.05) is 11.6 Å². The third kappa shape index (κ3) is 3.64. The first-order chi connectivity index (χ1) is 7.95. The summed E-state index contributed by atoms with van der Waals surface area (Å²) in [7, 11) is 3.06. The zero-order chi connectivity index (χ0) is 13.0. The molecular formula is C11H13ClN2O2S. The summed E-state index contributed by atoms with van der Waals surface area (Å²) in [6.45, 7) is -0.0114. The lowest BCUT2D eigenvalue weighted by Crippen LogP contribution is -2.37. The van der Waals surface area contributed by atoms with E-state index in [0.29, 0.717) is 15.5 Å². The van der Waals surface area contributed by atoms with Crippen LogP contribution in [0, 0.1) is 0 Å². The molecule has 1 aromatic carbocycles. The molecule has 92 valence electrons. The Kier molecular flexibility index (Phi) is 4.84. The van der Waals surface area contributed by atoms with Gasteiger partial charge < -0.3 is 10.2 Å². The minimum Gasteiger partial charge on any atom is -0.358 e. The molecule has 1 rings (SSSR count). The normalized spacial score (nSPS) is 9.88. The highest BCUT2D eigenvalue weighted by Crippen LogP contribution is 2.20. The Bertz CT molecular complexity index is 451. The fourth-order valence-corrected chi connectivity index (χ4v) is 1.65. The summed E-state index contributed by atoms with van der Waals surface area (Å²) < 4.78 is 0. The number of benzene rings is 1. The summed E-state index contributed by atoms with van der Waals surface area (Å²) in [5.41, 5.74) is 0.338. The van der Waals surface area contributed by atoms with Gasteiger partial charge in [0.1, 0.15) is 0 Å². The lowest BCUT2D eigenvalue weighted by atomic mass is 10.2. The van der Waals surface area contributed by atoms with E-state index in [1.165, 1.54) is 11.9 Å². The molecule has 0 aliphatic carbocycles. The maximum atomic E-state index is 12.0. The Morgan fingerprint density at radius 2 is 2.12 bits per heavy atom. The highest BCUT2D eigenvalue weighted by molar-refractivity contribution is 7.80. The summed E-state index contributed by atoms with van der Waals surface area (Å²) in [6, 6.07) is 4.87. The fraction of sp³-hybridized carbons (Fsp3) is 0.273. The lowest BCUT2D eigenvalue weighted by Gasteiger charge is -2.17. The number of nitrogens with one attached hydrogen (secondary N) is 1. The minimum absolute atomic E-state index is 0.0114. The minimum atomic E-state index is -0.311. The van der Waals surface area contributed by atoms with Gasteiger partial charge >= 0.3 is 0 Å². The molecule has 4 nitrogen and oxygen atoms in total. The van der Waals surface area contributed by atoms with E-state index in [9.17, 15) is 9.59 Å². The summed E-state index contributed by atoms with van der Waals surface area (Å²) in [5, 5.41) is 2.79. The van der Waals surface area contributed by atoms with Crippen LogP contribution in [-0.2, 0) is 4.79 Å². The van der Waals surface area contributed by atoms with Gasteiger partial charge in [-0.05, 0) is 18.2 Å². The van der Waals surface area contributed by atoms with Gasteiger partial charge in [0.15, 0.2) is 0 Å². The number of carbonyl (C=O) groups is 2. The molecule has 0 heterocycles. The van der Waals surface area contributed by atoms with Crippen LogP contribution >= 0.6 is 24.2 Å². The Morgan fingerprint density at radius 1 is 1.47 bits per heavy atom. The van der Waals surface area contributed by atoms with E-state index in [0.717, 1.165) is 0 Å². The van der Waals surface area contributed by atoms with Gasteiger partial charge in [-0.2, -0.15) is 0 Å². The van der Waals surface area contributed by atoms with Crippen molar-refractivity contribution in [1.82, 2.24) is 10.2 Å². The highest BCUT2D eigenvalue weighted by Gasteiger charge is 2.17. The predicted molar refractivity (Wildman–Crippen MR) is 69.7 cm³/mol. The maximum Gasteiger partial charge on any atom is 0.255 e. The average molecular weight is 273 g/mol. The van der Waals surface area contributed by atoms with E-state index in [2.05, 4.69) is 17.9 Å². The van der Waals surface area contributed by atoms with E-state index in [1.807, 2.05) is 0 Å². The number of rotatable bonds is 3. The van der Waals surface area contributed by atoms with Crippen LogP contribution in [-0.4, -0.2) is 37.4 Å². The number of carbonyl (C=O) groups excluding carboxylic acids is 2. The van der Waals surface area contributed by atoms with Crippen molar-refractivity contribution in [1.29, 1.82) is 0 Å². The number of thiol groups is 1. The Hall–Kier alpha value is -1.20. The van der Waals surface area contributed by atoms with Crippen molar-refractivity contribution >= 4 is 36.0 Å². The number of halogens is 1. The first kappa shape index (κ1) is 13.9. The van der Waals surface area contributed by atoms with Crippen molar-refractivity contribution in [3.63, 3.8) is 0 Å². The van der Waals surface area contributed by atoms with Gasteiger partial charge in [0.05, 0.1) is 17.1 Å². The van der Waals surface area contributed by atoms with Crippen LogP contribution in [0.1, 0.15) is 10.4 Å². The zero-order valence-corrected chi connectivity index (χ0v) is 11.2. The summed E-state index contributed by atoms with van der Waals surface area (Å²) in [4.78, 5) is 25.1. The largest absolute Gasteiger partial charge is 0.358 e. The van der Waals surface area contributed by atoms with Crippen LogP contribution in [0.25, 0.3) is 0 Å². The molecule has 0 fully saturated rings. The molecule has 0 radical (unpaired) electrons. The molecule has 0 saturated carbocycles. The van der Waals surface area contributed by atoms with E-state index < -0.39 is 0 Å². The summed E-state index contributed by atoms with van der Waals surface area (Å²) in [5.74, 6) is -0.548.